The zero-order valence-corrected chi connectivity index (χ0v) is 19.2. The van der Waals surface area contributed by atoms with Crippen LogP contribution in [0.4, 0.5) is 0 Å². The number of hydrogen-bond donors (Lipinski definition) is 0. The molecule has 3 aromatic rings. The van der Waals surface area contributed by atoms with Crippen molar-refractivity contribution in [2.75, 3.05) is 6.61 Å². The normalized spacial score (nSPS) is 12.9. The first kappa shape index (κ1) is 22.8. The SMILES string of the molecule is CC[C@H](C)COC(=O)c1ccc(-c2ccccc2)c(-c2ccc(C[C@@H](C)CC)cc2)c1. The number of esters is 1. The number of rotatable bonds is 9. The number of hydrogen-bond acceptors (Lipinski definition) is 2. The van der Waals surface area contributed by atoms with E-state index in [1.54, 1.807) is 0 Å². The van der Waals surface area contributed by atoms with Gasteiger partial charge in [-0.15, -0.1) is 0 Å². The lowest BCUT2D eigenvalue weighted by molar-refractivity contribution is 0.0447. The van der Waals surface area contributed by atoms with Crippen molar-refractivity contribution in [3.05, 3.63) is 83.9 Å². The van der Waals surface area contributed by atoms with Gasteiger partial charge in [-0.05, 0) is 58.2 Å². The maximum Gasteiger partial charge on any atom is 0.338 e. The first-order valence-electron chi connectivity index (χ1n) is 11.5. The van der Waals surface area contributed by atoms with E-state index in [2.05, 4.69) is 64.1 Å². The maximum absolute atomic E-state index is 12.7. The summed E-state index contributed by atoms with van der Waals surface area (Å²) in [4.78, 5) is 12.7. The average Bonchev–Trinajstić information content (AvgIpc) is 2.82. The van der Waals surface area contributed by atoms with Gasteiger partial charge in [-0.2, -0.15) is 0 Å². The molecule has 2 heteroatoms. The fourth-order valence-corrected chi connectivity index (χ4v) is 3.57. The Balaban J connectivity index is 1.96. The quantitative estimate of drug-likeness (QED) is 0.334. The summed E-state index contributed by atoms with van der Waals surface area (Å²) >= 11 is 0. The fraction of sp³-hybridized carbons (Fsp3) is 0.345. The van der Waals surface area contributed by atoms with Crippen LogP contribution < -0.4 is 0 Å². The Morgan fingerprint density at radius 2 is 1.42 bits per heavy atom. The first-order valence-corrected chi connectivity index (χ1v) is 11.5. The van der Waals surface area contributed by atoms with Crippen molar-refractivity contribution in [2.24, 2.45) is 11.8 Å². The van der Waals surface area contributed by atoms with E-state index in [1.807, 2.05) is 36.4 Å². The Morgan fingerprint density at radius 1 is 0.774 bits per heavy atom. The van der Waals surface area contributed by atoms with Crippen molar-refractivity contribution in [3.63, 3.8) is 0 Å². The van der Waals surface area contributed by atoms with Gasteiger partial charge in [0.05, 0.1) is 12.2 Å². The van der Waals surface area contributed by atoms with Crippen LogP contribution in [0.25, 0.3) is 22.3 Å². The molecule has 31 heavy (non-hydrogen) atoms. The molecule has 3 rings (SSSR count). The summed E-state index contributed by atoms with van der Waals surface area (Å²) in [5, 5.41) is 0. The molecule has 0 aliphatic rings. The van der Waals surface area contributed by atoms with Gasteiger partial charge in [-0.1, -0.05) is 101 Å². The van der Waals surface area contributed by atoms with E-state index in [4.69, 9.17) is 4.74 Å². The van der Waals surface area contributed by atoms with E-state index < -0.39 is 0 Å². The monoisotopic (exact) mass is 414 g/mol. The largest absolute Gasteiger partial charge is 0.462 e. The fourth-order valence-electron chi connectivity index (χ4n) is 3.57. The second-order valence-electron chi connectivity index (χ2n) is 8.65. The summed E-state index contributed by atoms with van der Waals surface area (Å²) in [6.07, 6.45) is 3.26. The highest BCUT2D eigenvalue weighted by atomic mass is 16.5. The summed E-state index contributed by atoms with van der Waals surface area (Å²) < 4.78 is 5.55. The molecule has 0 unspecified atom stereocenters. The highest BCUT2D eigenvalue weighted by Crippen LogP contribution is 2.33. The van der Waals surface area contributed by atoms with Crippen LogP contribution in [0.5, 0.6) is 0 Å². The molecule has 0 bridgehead atoms. The molecule has 162 valence electrons. The van der Waals surface area contributed by atoms with E-state index >= 15 is 0 Å². The van der Waals surface area contributed by atoms with E-state index in [1.165, 1.54) is 12.0 Å². The minimum Gasteiger partial charge on any atom is -0.462 e. The van der Waals surface area contributed by atoms with Gasteiger partial charge in [-0.3, -0.25) is 0 Å². The van der Waals surface area contributed by atoms with Crippen LogP contribution in [-0.2, 0) is 11.2 Å². The van der Waals surface area contributed by atoms with Gasteiger partial charge >= 0.3 is 5.97 Å². The topological polar surface area (TPSA) is 26.3 Å². The second kappa shape index (κ2) is 10.9. The minimum absolute atomic E-state index is 0.255. The molecule has 0 aliphatic heterocycles. The van der Waals surface area contributed by atoms with Gasteiger partial charge in [0.1, 0.15) is 0 Å². The molecule has 0 heterocycles. The summed E-state index contributed by atoms with van der Waals surface area (Å²) in [5.41, 5.74) is 6.38. The number of carbonyl (C=O) groups excluding carboxylic acids is 1. The second-order valence-corrected chi connectivity index (χ2v) is 8.65. The standard InChI is InChI=1S/C29H34O2/c1-5-21(3)18-23-12-14-25(15-13-23)28-19-26(29(30)31-20-22(4)6-2)16-17-27(28)24-10-8-7-9-11-24/h7-17,19,21-22H,5-6,18,20H2,1-4H3/t21-,22-/m0/s1. The molecular weight excluding hydrogens is 380 g/mol. The van der Waals surface area contributed by atoms with Gasteiger partial charge in [0.2, 0.25) is 0 Å². The Hall–Kier alpha value is -2.87. The smallest absolute Gasteiger partial charge is 0.338 e. The molecule has 0 aliphatic carbocycles. The lowest BCUT2D eigenvalue weighted by Gasteiger charge is -2.15. The van der Waals surface area contributed by atoms with Crippen molar-refractivity contribution < 1.29 is 9.53 Å². The van der Waals surface area contributed by atoms with Gasteiger partial charge < -0.3 is 4.74 Å². The van der Waals surface area contributed by atoms with E-state index in [9.17, 15) is 4.79 Å². The van der Waals surface area contributed by atoms with Crippen LogP contribution in [-0.4, -0.2) is 12.6 Å². The zero-order valence-electron chi connectivity index (χ0n) is 19.2. The van der Waals surface area contributed by atoms with Crippen molar-refractivity contribution in [1.82, 2.24) is 0 Å². The Morgan fingerprint density at radius 3 is 2.06 bits per heavy atom. The third-order valence-corrected chi connectivity index (χ3v) is 6.08. The van der Waals surface area contributed by atoms with Crippen LogP contribution in [0.3, 0.4) is 0 Å². The lowest BCUT2D eigenvalue weighted by atomic mass is 9.91. The van der Waals surface area contributed by atoms with Crippen molar-refractivity contribution >= 4 is 5.97 Å². The molecule has 0 amide bonds. The molecule has 0 fully saturated rings. The summed E-state index contributed by atoms with van der Waals surface area (Å²) in [7, 11) is 0. The highest BCUT2D eigenvalue weighted by Gasteiger charge is 2.15. The molecule has 3 aromatic carbocycles. The molecule has 0 spiro atoms. The summed E-state index contributed by atoms with van der Waals surface area (Å²) in [6, 6.07) is 25.0. The molecule has 0 saturated heterocycles. The molecule has 0 aromatic heterocycles. The molecule has 0 N–H and O–H groups in total. The van der Waals surface area contributed by atoms with Crippen LogP contribution in [0.2, 0.25) is 0 Å². The number of ether oxygens (including phenoxy) is 1. The number of carbonyl (C=O) groups is 1. The number of benzene rings is 3. The van der Waals surface area contributed by atoms with Gasteiger partial charge in [-0.25, -0.2) is 4.79 Å². The highest BCUT2D eigenvalue weighted by molar-refractivity contribution is 5.94. The van der Waals surface area contributed by atoms with Crippen molar-refractivity contribution in [3.8, 4) is 22.3 Å². The van der Waals surface area contributed by atoms with Gasteiger partial charge in [0, 0.05) is 0 Å². The van der Waals surface area contributed by atoms with Crippen molar-refractivity contribution in [1.29, 1.82) is 0 Å². The molecule has 2 atom stereocenters. The van der Waals surface area contributed by atoms with Crippen molar-refractivity contribution in [2.45, 2.75) is 47.0 Å². The Labute approximate surface area is 187 Å². The van der Waals surface area contributed by atoms with Gasteiger partial charge in [0.25, 0.3) is 0 Å². The van der Waals surface area contributed by atoms with E-state index in [-0.39, 0.29) is 5.97 Å². The van der Waals surface area contributed by atoms with Gasteiger partial charge in [0.15, 0.2) is 0 Å². The summed E-state index contributed by atoms with van der Waals surface area (Å²) in [6.45, 7) is 9.18. The predicted molar refractivity (Wildman–Crippen MR) is 130 cm³/mol. The van der Waals surface area contributed by atoms with Crippen LogP contribution >= 0.6 is 0 Å². The van der Waals surface area contributed by atoms with Crippen LogP contribution in [0.15, 0.2) is 72.8 Å². The first-order chi connectivity index (χ1) is 15.0. The molecule has 2 nitrogen and oxygen atoms in total. The lowest BCUT2D eigenvalue weighted by Crippen LogP contribution is -2.11. The third kappa shape index (κ3) is 6.07. The third-order valence-electron chi connectivity index (χ3n) is 6.08. The Bertz CT molecular complexity index is 973. The molecular formula is C29H34O2. The minimum atomic E-state index is -0.255. The predicted octanol–water partition coefficient (Wildman–Crippen LogP) is 7.81. The van der Waals surface area contributed by atoms with Crippen LogP contribution in [0, 0.1) is 11.8 Å². The zero-order chi connectivity index (χ0) is 22.2. The maximum atomic E-state index is 12.7. The molecule has 0 radical (unpaired) electrons. The van der Waals surface area contributed by atoms with E-state index in [0.717, 1.165) is 35.1 Å². The average molecular weight is 415 g/mol. The van der Waals surface area contributed by atoms with E-state index in [0.29, 0.717) is 24.0 Å². The Kier molecular flexibility index (Phi) is 8.06. The van der Waals surface area contributed by atoms with Crippen LogP contribution in [0.1, 0.15) is 56.5 Å². The summed E-state index contributed by atoms with van der Waals surface area (Å²) in [5.74, 6) is 0.786. The molecule has 0 saturated carbocycles.